The van der Waals surface area contributed by atoms with Crippen LogP contribution in [0.15, 0.2) is 24.3 Å². The molecular weight excluding hydrogens is 349 g/mol. The number of nitrogens with zero attached hydrogens (tertiary/aromatic N) is 1. The minimum absolute atomic E-state index is 0.137. The Labute approximate surface area is 160 Å². The first-order valence-corrected chi connectivity index (χ1v) is 8.77. The van der Waals surface area contributed by atoms with Crippen molar-refractivity contribution >= 4 is 30.3 Å². The van der Waals surface area contributed by atoms with Crippen LogP contribution in [-0.4, -0.2) is 34.8 Å². The van der Waals surface area contributed by atoms with Gasteiger partial charge in [-0.15, -0.1) is 0 Å². The molecular formula is C19H26BNO6. The van der Waals surface area contributed by atoms with Crippen molar-refractivity contribution in [1.82, 2.24) is 0 Å². The van der Waals surface area contributed by atoms with Gasteiger partial charge >= 0.3 is 13.1 Å². The zero-order chi connectivity index (χ0) is 20.6. The molecule has 1 heterocycles. The quantitative estimate of drug-likeness (QED) is 0.264. The van der Waals surface area contributed by atoms with E-state index in [1.165, 1.54) is 18.2 Å². The van der Waals surface area contributed by atoms with E-state index < -0.39 is 34.8 Å². The topological polar surface area (TPSA) is 87.9 Å². The first-order valence-electron chi connectivity index (χ1n) is 8.77. The van der Waals surface area contributed by atoms with Crippen LogP contribution < -0.4 is 5.46 Å². The van der Waals surface area contributed by atoms with E-state index in [-0.39, 0.29) is 5.69 Å². The lowest BCUT2D eigenvalue weighted by Crippen LogP contribution is -2.41. The third-order valence-corrected chi connectivity index (χ3v) is 4.58. The van der Waals surface area contributed by atoms with Gasteiger partial charge in [-0.05, 0) is 66.1 Å². The lowest BCUT2D eigenvalue weighted by Gasteiger charge is -2.32. The highest BCUT2D eigenvalue weighted by Gasteiger charge is 2.51. The van der Waals surface area contributed by atoms with E-state index in [0.29, 0.717) is 11.0 Å². The van der Waals surface area contributed by atoms with Gasteiger partial charge in [0.25, 0.3) is 5.69 Å². The summed E-state index contributed by atoms with van der Waals surface area (Å²) < 4.78 is 17.1. The Balaban J connectivity index is 2.28. The highest BCUT2D eigenvalue weighted by atomic mass is 16.7. The first kappa shape index (κ1) is 21.1. The van der Waals surface area contributed by atoms with Crippen molar-refractivity contribution in [3.63, 3.8) is 0 Å². The molecule has 0 saturated carbocycles. The van der Waals surface area contributed by atoms with Crippen molar-refractivity contribution in [2.75, 3.05) is 0 Å². The number of hydrogen-bond donors (Lipinski definition) is 0. The van der Waals surface area contributed by atoms with Crippen molar-refractivity contribution in [2.24, 2.45) is 0 Å². The number of ether oxygens (including phenoxy) is 1. The number of benzene rings is 1. The minimum Gasteiger partial charge on any atom is -0.457 e. The fourth-order valence-electron chi connectivity index (χ4n) is 2.48. The highest BCUT2D eigenvalue weighted by Crippen LogP contribution is 2.36. The average Bonchev–Trinajstić information content (AvgIpc) is 2.71. The van der Waals surface area contributed by atoms with Gasteiger partial charge in [-0.1, -0.05) is 6.07 Å². The van der Waals surface area contributed by atoms with Crippen LogP contribution in [0, 0.1) is 10.1 Å². The Bertz CT molecular complexity index is 763. The standard InChI is InChI=1S/C19H26BNO6/c1-17(2,3)25-16(22)11-9-13-8-10-14(12-15(13)21(23)24)20-26-18(4,5)19(6,7)27-20/h8-12H,1-7H3/b11-9+. The lowest BCUT2D eigenvalue weighted by molar-refractivity contribution is -0.385. The van der Waals surface area contributed by atoms with Crippen LogP contribution >= 0.6 is 0 Å². The maximum Gasteiger partial charge on any atom is 0.495 e. The molecule has 0 bridgehead atoms. The van der Waals surface area contributed by atoms with Crippen LogP contribution in [0.2, 0.25) is 0 Å². The fourth-order valence-corrected chi connectivity index (χ4v) is 2.48. The van der Waals surface area contributed by atoms with E-state index in [0.717, 1.165) is 0 Å². The molecule has 0 spiro atoms. The number of carbonyl (C=O) groups excluding carboxylic acids is 1. The third-order valence-electron chi connectivity index (χ3n) is 4.58. The van der Waals surface area contributed by atoms with Crippen LogP contribution in [0.1, 0.15) is 54.0 Å². The Morgan fingerprint density at radius 3 is 2.22 bits per heavy atom. The molecule has 0 aromatic heterocycles. The van der Waals surface area contributed by atoms with Crippen molar-refractivity contribution in [3.8, 4) is 0 Å². The molecule has 0 aliphatic carbocycles. The average molecular weight is 375 g/mol. The second-order valence-corrected chi connectivity index (χ2v) is 8.53. The number of hydrogen-bond acceptors (Lipinski definition) is 6. The zero-order valence-electron chi connectivity index (χ0n) is 16.9. The van der Waals surface area contributed by atoms with E-state index in [2.05, 4.69) is 0 Å². The van der Waals surface area contributed by atoms with Gasteiger partial charge in [0.1, 0.15) is 5.60 Å². The van der Waals surface area contributed by atoms with Gasteiger partial charge in [-0.25, -0.2) is 4.79 Å². The lowest BCUT2D eigenvalue weighted by atomic mass is 9.78. The Hall–Kier alpha value is -2.19. The first-order chi connectivity index (χ1) is 12.2. The number of nitro groups is 1. The van der Waals surface area contributed by atoms with Crippen molar-refractivity contribution in [3.05, 3.63) is 40.0 Å². The van der Waals surface area contributed by atoms with Gasteiger partial charge < -0.3 is 14.0 Å². The van der Waals surface area contributed by atoms with Gasteiger partial charge in [0.05, 0.1) is 21.7 Å². The summed E-state index contributed by atoms with van der Waals surface area (Å²) in [5.41, 5.74) is -1.000. The minimum atomic E-state index is -0.697. The van der Waals surface area contributed by atoms with Crippen LogP contribution in [0.5, 0.6) is 0 Å². The SMILES string of the molecule is CC(C)(C)OC(=O)/C=C/c1ccc(B2OC(C)(C)C(C)(C)O2)cc1[N+](=O)[O-]. The largest absolute Gasteiger partial charge is 0.495 e. The highest BCUT2D eigenvalue weighted by molar-refractivity contribution is 6.62. The summed E-state index contributed by atoms with van der Waals surface area (Å²) in [6.07, 6.45) is 2.56. The molecule has 8 heteroatoms. The second kappa shape index (κ2) is 7.09. The molecule has 0 N–H and O–H groups in total. The number of rotatable bonds is 4. The summed E-state index contributed by atoms with van der Waals surface area (Å²) in [6.45, 7) is 12.9. The molecule has 1 aromatic carbocycles. The normalized spacial score (nSPS) is 18.7. The maximum atomic E-state index is 11.8. The smallest absolute Gasteiger partial charge is 0.457 e. The summed E-state index contributed by atoms with van der Waals surface area (Å²) in [5, 5.41) is 11.5. The van der Waals surface area contributed by atoms with Gasteiger partial charge in [0.15, 0.2) is 0 Å². The molecule has 0 unspecified atom stereocenters. The molecule has 0 amide bonds. The van der Waals surface area contributed by atoms with Gasteiger partial charge in [-0.3, -0.25) is 10.1 Å². The number of nitro benzene ring substituents is 1. The molecule has 7 nitrogen and oxygen atoms in total. The predicted octanol–water partition coefficient (Wildman–Crippen LogP) is 3.25. The molecule has 1 aromatic rings. The number of esters is 1. The Morgan fingerprint density at radius 2 is 1.74 bits per heavy atom. The summed E-state index contributed by atoms with van der Waals surface area (Å²) in [7, 11) is -0.697. The molecule has 2 rings (SSSR count). The zero-order valence-corrected chi connectivity index (χ0v) is 16.9. The third kappa shape index (κ3) is 4.96. The van der Waals surface area contributed by atoms with Gasteiger partial charge in [-0.2, -0.15) is 0 Å². The summed E-state index contributed by atoms with van der Waals surface area (Å²) in [5.74, 6) is -0.563. The van der Waals surface area contributed by atoms with Crippen molar-refractivity contribution in [1.29, 1.82) is 0 Å². The van der Waals surface area contributed by atoms with E-state index in [1.54, 1.807) is 32.9 Å². The molecule has 1 fully saturated rings. The van der Waals surface area contributed by atoms with E-state index >= 15 is 0 Å². The molecule has 146 valence electrons. The molecule has 0 radical (unpaired) electrons. The molecule has 1 aliphatic heterocycles. The molecule has 27 heavy (non-hydrogen) atoms. The second-order valence-electron chi connectivity index (χ2n) is 8.53. The number of carbonyl (C=O) groups is 1. The van der Waals surface area contributed by atoms with Crippen LogP contribution in [0.3, 0.4) is 0 Å². The van der Waals surface area contributed by atoms with Crippen LogP contribution in [0.4, 0.5) is 5.69 Å². The maximum absolute atomic E-state index is 11.8. The molecule has 1 saturated heterocycles. The van der Waals surface area contributed by atoms with Crippen LogP contribution in [0.25, 0.3) is 6.08 Å². The predicted molar refractivity (Wildman–Crippen MR) is 104 cm³/mol. The fraction of sp³-hybridized carbons (Fsp3) is 0.526. The summed E-state index contributed by atoms with van der Waals surface area (Å²) >= 11 is 0. The van der Waals surface area contributed by atoms with Crippen molar-refractivity contribution in [2.45, 2.75) is 65.3 Å². The van der Waals surface area contributed by atoms with Crippen molar-refractivity contribution < 1.29 is 23.8 Å². The summed E-state index contributed by atoms with van der Waals surface area (Å²) in [4.78, 5) is 22.8. The van der Waals surface area contributed by atoms with Crippen LogP contribution in [-0.2, 0) is 18.8 Å². The Morgan fingerprint density at radius 1 is 1.19 bits per heavy atom. The van der Waals surface area contributed by atoms with Gasteiger partial charge in [0, 0.05) is 12.1 Å². The molecule has 0 atom stereocenters. The van der Waals surface area contributed by atoms with E-state index in [1.807, 2.05) is 27.7 Å². The van der Waals surface area contributed by atoms with E-state index in [9.17, 15) is 14.9 Å². The molecule has 1 aliphatic rings. The monoisotopic (exact) mass is 375 g/mol. The summed E-state index contributed by atoms with van der Waals surface area (Å²) in [6, 6.07) is 4.68. The Kier molecular flexibility index (Phi) is 5.55. The van der Waals surface area contributed by atoms with Gasteiger partial charge in [0.2, 0.25) is 0 Å². The van der Waals surface area contributed by atoms with E-state index in [4.69, 9.17) is 14.0 Å².